The third-order valence-corrected chi connectivity index (χ3v) is 3.01. The van der Waals surface area contributed by atoms with E-state index >= 15 is 0 Å². The number of methoxy groups -OCH3 is 2. The molecule has 0 unspecified atom stereocenters. The molecule has 0 bridgehead atoms. The standard InChI is InChI=1S/C17H25NO3/c1-17(2,3)10-11-18-16(19)9-7-13-6-8-14(20-4)15(12-13)21-5/h6-9,12H,10-11H2,1-5H3,(H,18,19)/b9-7+. The molecule has 4 nitrogen and oxygen atoms in total. The van der Waals surface area contributed by atoms with Gasteiger partial charge in [0, 0.05) is 12.6 Å². The van der Waals surface area contributed by atoms with Crippen molar-refractivity contribution in [1.82, 2.24) is 5.32 Å². The minimum atomic E-state index is -0.0889. The largest absolute Gasteiger partial charge is 0.493 e. The van der Waals surface area contributed by atoms with E-state index in [0.29, 0.717) is 18.0 Å². The Morgan fingerprint density at radius 3 is 2.43 bits per heavy atom. The molecule has 0 saturated heterocycles. The van der Waals surface area contributed by atoms with E-state index in [9.17, 15) is 4.79 Å². The molecule has 0 aliphatic rings. The van der Waals surface area contributed by atoms with Crippen LogP contribution in [-0.2, 0) is 4.79 Å². The Labute approximate surface area is 127 Å². The maximum Gasteiger partial charge on any atom is 0.243 e. The van der Waals surface area contributed by atoms with Crippen LogP contribution in [0.5, 0.6) is 11.5 Å². The summed E-state index contributed by atoms with van der Waals surface area (Å²) < 4.78 is 10.4. The second-order valence-corrected chi connectivity index (χ2v) is 6.05. The third kappa shape index (κ3) is 6.34. The lowest BCUT2D eigenvalue weighted by atomic mass is 9.92. The molecule has 1 aromatic rings. The molecular formula is C17H25NO3. The summed E-state index contributed by atoms with van der Waals surface area (Å²) in [7, 11) is 3.18. The highest BCUT2D eigenvalue weighted by Gasteiger charge is 2.09. The molecule has 0 heterocycles. The summed E-state index contributed by atoms with van der Waals surface area (Å²) in [6.07, 6.45) is 4.24. The van der Waals surface area contributed by atoms with Crippen molar-refractivity contribution in [1.29, 1.82) is 0 Å². The fraction of sp³-hybridized carbons (Fsp3) is 0.471. The highest BCUT2D eigenvalue weighted by Crippen LogP contribution is 2.27. The van der Waals surface area contributed by atoms with Crippen molar-refractivity contribution in [2.45, 2.75) is 27.2 Å². The monoisotopic (exact) mass is 291 g/mol. The Morgan fingerprint density at radius 2 is 1.86 bits per heavy atom. The summed E-state index contributed by atoms with van der Waals surface area (Å²) in [5, 5.41) is 2.88. The molecule has 0 aliphatic heterocycles. The summed E-state index contributed by atoms with van der Waals surface area (Å²) >= 11 is 0. The first-order valence-electron chi connectivity index (χ1n) is 7.03. The smallest absolute Gasteiger partial charge is 0.243 e. The van der Waals surface area contributed by atoms with Gasteiger partial charge in [0.25, 0.3) is 0 Å². The van der Waals surface area contributed by atoms with Gasteiger partial charge in [0.2, 0.25) is 5.91 Å². The van der Waals surface area contributed by atoms with Gasteiger partial charge in [0.15, 0.2) is 11.5 Å². The fourth-order valence-electron chi connectivity index (χ4n) is 1.75. The number of rotatable bonds is 6. The first kappa shape index (κ1) is 17.1. The molecule has 0 aromatic heterocycles. The van der Waals surface area contributed by atoms with Crippen LogP contribution in [-0.4, -0.2) is 26.7 Å². The number of hydrogen-bond donors (Lipinski definition) is 1. The zero-order chi connectivity index (χ0) is 15.9. The van der Waals surface area contributed by atoms with E-state index in [2.05, 4.69) is 26.1 Å². The van der Waals surface area contributed by atoms with E-state index < -0.39 is 0 Å². The van der Waals surface area contributed by atoms with Gasteiger partial charge in [-0.15, -0.1) is 0 Å². The molecule has 0 radical (unpaired) electrons. The van der Waals surface area contributed by atoms with E-state index in [-0.39, 0.29) is 11.3 Å². The van der Waals surface area contributed by atoms with Crippen LogP contribution in [0.3, 0.4) is 0 Å². The predicted molar refractivity (Wildman–Crippen MR) is 85.7 cm³/mol. The molecule has 0 aliphatic carbocycles. The fourth-order valence-corrected chi connectivity index (χ4v) is 1.75. The van der Waals surface area contributed by atoms with Crippen LogP contribution >= 0.6 is 0 Å². The summed E-state index contributed by atoms with van der Waals surface area (Å²) in [6, 6.07) is 5.52. The van der Waals surface area contributed by atoms with E-state index in [1.807, 2.05) is 18.2 Å². The van der Waals surface area contributed by atoms with Crippen molar-refractivity contribution in [3.8, 4) is 11.5 Å². The second kappa shape index (κ2) is 7.72. The summed E-state index contributed by atoms with van der Waals surface area (Å²) in [5.74, 6) is 1.23. The van der Waals surface area contributed by atoms with E-state index in [4.69, 9.17) is 9.47 Å². The van der Waals surface area contributed by atoms with Crippen molar-refractivity contribution < 1.29 is 14.3 Å². The molecular weight excluding hydrogens is 266 g/mol. The Hall–Kier alpha value is -1.97. The van der Waals surface area contributed by atoms with Crippen LogP contribution in [0.25, 0.3) is 6.08 Å². The molecule has 1 N–H and O–H groups in total. The number of benzene rings is 1. The van der Waals surface area contributed by atoms with Gasteiger partial charge >= 0.3 is 0 Å². The van der Waals surface area contributed by atoms with Crippen LogP contribution in [0.4, 0.5) is 0 Å². The van der Waals surface area contributed by atoms with Gasteiger partial charge in [-0.1, -0.05) is 26.8 Å². The first-order chi connectivity index (χ1) is 9.85. The normalized spacial score (nSPS) is 11.5. The summed E-state index contributed by atoms with van der Waals surface area (Å²) in [5.41, 5.74) is 1.11. The number of amides is 1. The Morgan fingerprint density at radius 1 is 1.19 bits per heavy atom. The molecule has 1 aromatic carbocycles. The van der Waals surface area contributed by atoms with Gasteiger partial charge in [-0.3, -0.25) is 4.79 Å². The number of ether oxygens (including phenoxy) is 2. The minimum Gasteiger partial charge on any atom is -0.493 e. The zero-order valence-corrected chi connectivity index (χ0v) is 13.5. The van der Waals surface area contributed by atoms with Crippen LogP contribution < -0.4 is 14.8 Å². The third-order valence-electron chi connectivity index (χ3n) is 3.01. The molecule has 21 heavy (non-hydrogen) atoms. The maximum absolute atomic E-state index is 11.7. The van der Waals surface area contributed by atoms with Crippen molar-refractivity contribution in [3.63, 3.8) is 0 Å². The lowest BCUT2D eigenvalue weighted by Crippen LogP contribution is -2.25. The van der Waals surface area contributed by atoms with Crippen LogP contribution in [0.1, 0.15) is 32.8 Å². The Kier molecular flexibility index (Phi) is 6.28. The van der Waals surface area contributed by atoms with Gasteiger partial charge < -0.3 is 14.8 Å². The van der Waals surface area contributed by atoms with E-state index in [1.165, 1.54) is 6.08 Å². The lowest BCUT2D eigenvalue weighted by Gasteiger charge is -2.17. The van der Waals surface area contributed by atoms with Crippen molar-refractivity contribution in [3.05, 3.63) is 29.8 Å². The maximum atomic E-state index is 11.7. The van der Waals surface area contributed by atoms with Crippen LogP contribution in [0, 0.1) is 5.41 Å². The number of nitrogens with one attached hydrogen (secondary N) is 1. The van der Waals surface area contributed by atoms with Gasteiger partial charge in [-0.25, -0.2) is 0 Å². The molecule has 0 atom stereocenters. The van der Waals surface area contributed by atoms with Crippen LogP contribution in [0.15, 0.2) is 24.3 Å². The average Bonchev–Trinajstić information content (AvgIpc) is 2.43. The minimum absolute atomic E-state index is 0.0889. The highest BCUT2D eigenvalue weighted by molar-refractivity contribution is 5.91. The van der Waals surface area contributed by atoms with E-state index in [1.54, 1.807) is 20.3 Å². The number of hydrogen-bond acceptors (Lipinski definition) is 3. The Bertz CT molecular complexity index is 501. The van der Waals surface area contributed by atoms with E-state index in [0.717, 1.165) is 12.0 Å². The average molecular weight is 291 g/mol. The highest BCUT2D eigenvalue weighted by atomic mass is 16.5. The molecule has 0 saturated carbocycles. The number of carbonyl (C=O) groups excluding carboxylic acids is 1. The van der Waals surface area contributed by atoms with Crippen molar-refractivity contribution in [2.75, 3.05) is 20.8 Å². The Balaban J connectivity index is 2.58. The zero-order valence-electron chi connectivity index (χ0n) is 13.5. The quantitative estimate of drug-likeness (QED) is 0.818. The van der Waals surface area contributed by atoms with Gasteiger partial charge in [-0.2, -0.15) is 0 Å². The first-order valence-corrected chi connectivity index (χ1v) is 7.03. The lowest BCUT2D eigenvalue weighted by molar-refractivity contribution is -0.116. The second-order valence-electron chi connectivity index (χ2n) is 6.05. The van der Waals surface area contributed by atoms with Crippen molar-refractivity contribution >= 4 is 12.0 Å². The van der Waals surface area contributed by atoms with Crippen LogP contribution in [0.2, 0.25) is 0 Å². The molecule has 116 valence electrons. The topological polar surface area (TPSA) is 47.6 Å². The predicted octanol–water partition coefficient (Wildman–Crippen LogP) is 3.27. The molecule has 1 rings (SSSR count). The molecule has 0 spiro atoms. The molecule has 1 amide bonds. The van der Waals surface area contributed by atoms with Gasteiger partial charge in [0.05, 0.1) is 14.2 Å². The van der Waals surface area contributed by atoms with Gasteiger partial charge in [-0.05, 0) is 35.6 Å². The summed E-state index contributed by atoms with van der Waals surface area (Å²) in [4.78, 5) is 11.7. The molecule has 0 fully saturated rings. The number of carbonyl (C=O) groups is 1. The summed E-state index contributed by atoms with van der Waals surface area (Å²) in [6.45, 7) is 7.13. The molecule has 4 heteroatoms. The van der Waals surface area contributed by atoms with Gasteiger partial charge in [0.1, 0.15) is 0 Å². The SMILES string of the molecule is COc1ccc(/C=C/C(=O)NCCC(C)(C)C)cc1OC. The van der Waals surface area contributed by atoms with Crippen molar-refractivity contribution in [2.24, 2.45) is 5.41 Å².